The van der Waals surface area contributed by atoms with Crippen molar-refractivity contribution in [1.82, 2.24) is 5.06 Å². The average molecular weight is 170 g/mol. The molecule has 0 aromatic carbocycles. The van der Waals surface area contributed by atoms with Crippen molar-refractivity contribution in [2.24, 2.45) is 0 Å². The van der Waals surface area contributed by atoms with Gasteiger partial charge in [-0.05, 0) is 27.7 Å². The Balaban J connectivity index is 3.21. The third-order valence-electron chi connectivity index (χ3n) is 2.33. The number of hydrogen-bond donors (Lipinski definition) is 0. The smallest absolute Gasteiger partial charge is 0.222 e. The maximum atomic E-state index is 11.4. The van der Waals surface area contributed by atoms with Gasteiger partial charge in [-0.3, -0.25) is 9.59 Å². The first kappa shape index (κ1) is 9.35. The predicted molar refractivity (Wildman–Crippen MR) is 40.7 cm³/mol. The van der Waals surface area contributed by atoms with E-state index < -0.39 is 22.6 Å². The summed E-state index contributed by atoms with van der Waals surface area (Å²) in [6.45, 7) is 5.87. The molecule has 1 radical (unpaired) electrons. The van der Waals surface area contributed by atoms with Gasteiger partial charge < -0.3 is 0 Å². The van der Waals surface area contributed by atoms with E-state index in [2.05, 4.69) is 0 Å². The lowest BCUT2D eigenvalue weighted by Crippen LogP contribution is -2.47. The van der Waals surface area contributed by atoms with Crippen molar-refractivity contribution in [2.75, 3.05) is 0 Å². The van der Waals surface area contributed by atoms with Crippen LogP contribution in [0.15, 0.2) is 0 Å². The van der Waals surface area contributed by atoms with E-state index in [1.54, 1.807) is 0 Å². The van der Waals surface area contributed by atoms with Crippen molar-refractivity contribution >= 4 is 11.6 Å². The molecule has 1 aliphatic rings. The van der Waals surface area contributed by atoms with Crippen LogP contribution in [-0.4, -0.2) is 27.7 Å². The van der Waals surface area contributed by atoms with Gasteiger partial charge in [-0.25, -0.2) is 0 Å². The summed E-state index contributed by atoms with van der Waals surface area (Å²) in [6.07, 6.45) is 0. The molecule has 0 bridgehead atoms. The number of Topliss-reactive ketones (excluding diaryl/α,β-unsaturated/α-hetero) is 2. The molecule has 0 saturated carbocycles. The van der Waals surface area contributed by atoms with Gasteiger partial charge in [0.05, 0.1) is 0 Å². The summed E-state index contributed by atoms with van der Waals surface area (Å²) in [5, 5.41) is 12.0. The third kappa shape index (κ3) is 0.850. The molecule has 1 aliphatic heterocycles. The molecule has 1 fully saturated rings. The van der Waals surface area contributed by atoms with Crippen molar-refractivity contribution in [3.05, 3.63) is 0 Å². The van der Waals surface area contributed by atoms with Crippen LogP contribution >= 0.6 is 0 Å². The molecule has 0 N–H and O–H groups in total. The molecule has 67 valence electrons. The van der Waals surface area contributed by atoms with E-state index in [0.29, 0.717) is 5.06 Å². The van der Waals surface area contributed by atoms with Gasteiger partial charge in [-0.2, -0.15) is 0 Å². The zero-order valence-corrected chi connectivity index (χ0v) is 7.67. The third-order valence-corrected chi connectivity index (χ3v) is 2.33. The van der Waals surface area contributed by atoms with Crippen molar-refractivity contribution < 1.29 is 14.8 Å². The highest BCUT2D eigenvalue weighted by Gasteiger charge is 2.58. The first-order valence-corrected chi connectivity index (χ1v) is 3.79. The normalized spacial score (nSPS) is 28.1. The van der Waals surface area contributed by atoms with Gasteiger partial charge in [0.1, 0.15) is 11.1 Å². The maximum absolute atomic E-state index is 11.4. The number of rotatable bonds is 0. The van der Waals surface area contributed by atoms with Crippen molar-refractivity contribution in [3.63, 3.8) is 0 Å². The van der Waals surface area contributed by atoms with E-state index in [0.717, 1.165) is 0 Å². The molecule has 12 heavy (non-hydrogen) atoms. The van der Waals surface area contributed by atoms with Gasteiger partial charge in [0.15, 0.2) is 0 Å². The van der Waals surface area contributed by atoms with E-state index in [9.17, 15) is 14.8 Å². The van der Waals surface area contributed by atoms with Crippen LogP contribution in [0.1, 0.15) is 27.7 Å². The number of carbonyl (C=O) groups excluding carboxylic acids is 2. The maximum Gasteiger partial charge on any atom is 0.222 e. The Bertz CT molecular complexity index is 229. The van der Waals surface area contributed by atoms with Gasteiger partial charge in [-0.1, -0.05) is 0 Å². The van der Waals surface area contributed by atoms with Gasteiger partial charge in [0, 0.05) is 0 Å². The molecule has 4 heteroatoms. The fourth-order valence-electron chi connectivity index (χ4n) is 1.44. The van der Waals surface area contributed by atoms with E-state index in [4.69, 9.17) is 0 Å². The van der Waals surface area contributed by atoms with Crippen molar-refractivity contribution in [3.8, 4) is 0 Å². The average Bonchev–Trinajstić information content (AvgIpc) is 2.06. The summed E-state index contributed by atoms with van der Waals surface area (Å²) >= 11 is 0. The van der Waals surface area contributed by atoms with Crippen molar-refractivity contribution in [1.29, 1.82) is 0 Å². The first-order chi connectivity index (χ1) is 5.22. The minimum atomic E-state index is -1.19. The fourth-order valence-corrected chi connectivity index (χ4v) is 1.44. The quantitative estimate of drug-likeness (QED) is 0.493. The highest BCUT2D eigenvalue weighted by molar-refractivity contribution is 6.45. The monoisotopic (exact) mass is 170 g/mol. The van der Waals surface area contributed by atoms with Crippen LogP contribution in [0.5, 0.6) is 0 Å². The molecule has 0 aliphatic carbocycles. The molecule has 0 spiro atoms. The summed E-state index contributed by atoms with van der Waals surface area (Å²) in [5.74, 6) is -1.19. The van der Waals surface area contributed by atoms with E-state index >= 15 is 0 Å². The van der Waals surface area contributed by atoms with Crippen LogP contribution < -0.4 is 0 Å². The summed E-state index contributed by atoms with van der Waals surface area (Å²) in [4.78, 5) is 22.5. The number of hydrogen-bond acceptors (Lipinski definition) is 3. The Morgan fingerprint density at radius 1 is 0.917 bits per heavy atom. The highest BCUT2D eigenvalue weighted by Crippen LogP contribution is 2.33. The molecular formula is C8H12NO3. The molecule has 1 rings (SSSR count). The standard InChI is InChI=1S/C8H12NO3/c1-7(2)5(10)6(11)8(3,4)9(7)12/h1-4H3. The largest absolute Gasteiger partial charge is 0.289 e. The van der Waals surface area contributed by atoms with Gasteiger partial charge in [-0.15, -0.1) is 10.3 Å². The number of ketones is 2. The topological polar surface area (TPSA) is 57.3 Å². The summed E-state index contributed by atoms with van der Waals surface area (Å²) < 4.78 is 0. The van der Waals surface area contributed by atoms with Crippen LogP contribution in [0.4, 0.5) is 0 Å². The molecular weight excluding hydrogens is 158 g/mol. The van der Waals surface area contributed by atoms with E-state index in [1.165, 1.54) is 27.7 Å². The highest BCUT2D eigenvalue weighted by atomic mass is 16.5. The van der Waals surface area contributed by atoms with Gasteiger partial charge in [0.25, 0.3) is 0 Å². The molecule has 0 unspecified atom stereocenters. The lowest BCUT2D eigenvalue weighted by Gasteiger charge is -2.28. The Kier molecular flexibility index (Phi) is 1.67. The van der Waals surface area contributed by atoms with Crippen LogP contribution in [-0.2, 0) is 14.8 Å². The first-order valence-electron chi connectivity index (χ1n) is 3.79. The second-order valence-corrected chi connectivity index (χ2v) is 4.07. The SMILES string of the molecule is CC1(C)C(=O)C(=O)C(C)(C)N1[O]. The predicted octanol–water partition coefficient (Wildman–Crippen LogP) is 0.343. The Hall–Kier alpha value is -0.740. The molecule has 0 aromatic heterocycles. The molecule has 1 saturated heterocycles. The number of hydroxylamine groups is 2. The van der Waals surface area contributed by atoms with Crippen LogP contribution in [0.25, 0.3) is 0 Å². The second kappa shape index (κ2) is 2.14. The van der Waals surface area contributed by atoms with Crippen molar-refractivity contribution in [2.45, 2.75) is 38.8 Å². The molecule has 1 heterocycles. The van der Waals surface area contributed by atoms with Crippen LogP contribution in [0, 0.1) is 0 Å². The number of carbonyl (C=O) groups is 2. The minimum absolute atomic E-state index is 0.574. The Labute approximate surface area is 71.1 Å². The summed E-state index contributed by atoms with van der Waals surface area (Å²) in [7, 11) is 0. The minimum Gasteiger partial charge on any atom is -0.289 e. The lowest BCUT2D eigenvalue weighted by molar-refractivity contribution is -0.239. The molecule has 4 nitrogen and oxygen atoms in total. The summed E-state index contributed by atoms with van der Waals surface area (Å²) in [6, 6.07) is 0. The Morgan fingerprint density at radius 3 is 1.25 bits per heavy atom. The fraction of sp³-hybridized carbons (Fsp3) is 0.750. The zero-order chi connectivity index (χ0) is 9.73. The van der Waals surface area contributed by atoms with Gasteiger partial charge in [0.2, 0.25) is 11.6 Å². The lowest BCUT2D eigenvalue weighted by atomic mass is 9.98. The molecule has 0 atom stereocenters. The summed E-state index contributed by atoms with van der Waals surface area (Å²) in [5.41, 5.74) is -2.39. The van der Waals surface area contributed by atoms with Crippen LogP contribution in [0.2, 0.25) is 0 Å². The Morgan fingerprint density at radius 2 is 1.17 bits per heavy atom. The van der Waals surface area contributed by atoms with E-state index in [1.807, 2.05) is 0 Å². The van der Waals surface area contributed by atoms with Gasteiger partial charge >= 0.3 is 0 Å². The zero-order valence-electron chi connectivity index (χ0n) is 7.67. The molecule has 0 aromatic rings. The number of nitrogens with zero attached hydrogens (tertiary/aromatic N) is 1. The second-order valence-electron chi connectivity index (χ2n) is 4.07. The van der Waals surface area contributed by atoms with E-state index in [-0.39, 0.29) is 0 Å². The molecule has 0 amide bonds. The van der Waals surface area contributed by atoms with Crippen LogP contribution in [0.3, 0.4) is 0 Å².